The van der Waals surface area contributed by atoms with Gasteiger partial charge in [0.25, 0.3) is 5.91 Å². The Hall–Kier alpha value is -1.88. The van der Waals surface area contributed by atoms with Gasteiger partial charge in [0.05, 0.1) is 13.7 Å². The summed E-state index contributed by atoms with van der Waals surface area (Å²) in [5.74, 6) is -0.729. The van der Waals surface area contributed by atoms with Crippen molar-refractivity contribution in [2.75, 3.05) is 20.7 Å². The zero-order valence-corrected chi connectivity index (χ0v) is 9.84. The molecular weight excluding hydrogens is 222 g/mol. The number of carbonyl (C=O) groups excluding carboxylic acids is 2. The third kappa shape index (κ3) is 3.57. The highest BCUT2D eigenvalue weighted by molar-refractivity contribution is 5.95. The van der Waals surface area contributed by atoms with Crippen LogP contribution in [0.4, 0.5) is 0 Å². The van der Waals surface area contributed by atoms with Crippen LogP contribution in [-0.2, 0) is 16.1 Å². The van der Waals surface area contributed by atoms with E-state index in [0.717, 1.165) is 5.56 Å². The Morgan fingerprint density at radius 3 is 2.35 bits per heavy atom. The van der Waals surface area contributed by atoms with E-state index in [0.29, 0.717) is 5.56 Å². The summed E-state index contributed by atoms with van der Waals surface area (Å²) >= 11 is 0. The quantitative estimate of drug-likeness (QED) is 0.771. The van der Waals surface area contributed by atoms with Crippen molar-refractivity contribution < 1.29 is 19.4 Å². The van der Waals surface area contributed by atoms with Crippen molar-refractivity contribution in [3.05, 3.63) is 35.4 Å². The van der Waals surface area contributed by atoms with Crippen LogP contribution < -0.4 is 0 Å². The predicted octanol–water partition coefficient (Wildman–Crippen LogP) is 0.424. The predicted molar refractivity (Wildman–Crippen MR) is 61.3 cm³/mol. The van der Waals surface area contributed by atoms with Gasteiger partial charge in [-0.3, -0.25) is 9.59 Å². The van der Waals surface area contributed by atoms with Crippen LogP contribution in [0.1, 0.15) is 15.9 Å². The molecule has 0 heterocycles. The molecular formula is C12H15NO4. The van der Waals surface area contributed by atoms with Gasteiger partial charge in [-0.25, -0.2) is 0 Å². The van der Waals surface area contributed by atoms with Gasteiger partial charge in [0.2, 0.25) is 0 Å². The first-order valence-electron chi connectivity index (χ1n) is 5.10. The fourth-order valence-corrected chi connectivity index (χ4v) is 1.30. The fraction of sp³-hybridized carbons (Fsp3) is 0.333. The number of aliphatic hydroxyl groups excluding tert-OH is 1. The number of nitrogens with zero attached hydrogens (tertiary/aromatic N) is 1. The summed E-state index contributed by atoms with van der Waals surface area (Å²) in [5.41, 5.74) is 1.20. The molecule has 1 aromatic rings. The van der Waals surface area contributed by atoms with Gasteiger partial charge in [0.15, 0.2) is 0 Å². The minimum atomic E-state index is -0.465. The molecule has 0 saturated heterocycles. The molecule has 1 aromatic carbocycles. The molecule has 0 radical (unpaired) electrons. The standard InChI is InChI=1S/C12H15NO4/c1-13(7-11(15)17-2)12(16)10-5-3-9(8-14)4-6-10/h3-6,14H,7-8H2,1-2H3. The van der Waals surface area contributed by atoms with E-state index in [1.165, 1.54) is 19.1 Å². The maximum Gasteiger partial charge on any atom is 0.325 e. The molecule has 92 valence electrons. The van der Waals surface area contributed by atoms with Gasteiger partial charge >= 0.3 is 5.97 Å². The lowest BCUT2D eigenvalue weighted by Crippen LogP contribution is -2.32. The largest absolute Gasteiger partial charge is 0.468 e. The number of hydrogen-bond acceptors (Lipinski definition) is 4. The number of benzene rings is 1. The molecule has 0 bridgehead atoms. The molecule has 5 nitrogen and oxygen atoms in total. The van der Waals surface area contributed by atoms with E-state index in [-0.39, 0.29) is 19.1 Å². The third-order valence-corrected chi connectivity index (χ3v) is 2.32. The summed E-state index contributed by atoms with van der Waals surface area (Å²) in [6.45, 7) is -0.149. The molecule has 5 heteroatoms. The first-order valence-corrected chi connectivity index (χ1v) is 5.10. The van der Waals surface area contributed by atoms with Crippen LogP contribution >= 0.6 is 0 Å². The van der Waals surface area contributed by atoms with Gasteiger partial charge in [0.1, 0.15) is 6.54 Å². The molecule has 0 aliphatic heterocycles. The first-order chi connectivity index (χ1) is 8.08. The lowest BCUT2D eigenvalue weighted by molar-refractivity contribution is -0.141. The summed E-state index contributed by atoms with van der Waals surface area (Å²) in [6, 6.07) is 6.56. The van der Waals surface area contributed by atoms with E-state index < -0.39 is 5.97 Å². The second-order valence-electron chi connectivity index (χ2n) is 3.59. The van der Waals surface area contributed by atoms with Gasteiger partial charge in [-0.2, -0.15) is 0 Å². The van der Waals surface area contributed by atoms with Crippen molar-refractivity contribution in [1.82, 2.24) is 4.90 Å². The molecule has 0 aromatic heterocycles. The van der Waals surface area contributed by atoms with Gasteiger partial charge in [0, 0.05) is 12.6 Å². The van der Waals surface area contributed by atoms with Crippen molar-refractivity contribution in [2.24, 2.45) is 0 Å². The Kier molecular flexibility index (Phi) is 4.66. The molecule has 0 fully saturated rings. The minimum absolute atomic E-state index is 0.0630. The number of methoxy groups -OCH3 is 1. The Morgan fingerprint density at radius 2 is 1.88 bits per heavy atom. The molecule has 0 saturated carbocycles. The van der Waals surface area contributed by atoms with Gasteiger partial charge in [-0.15, -0.1) is 0 Å². The van der Waals surface area contributed by atoms with E-state index in [1.807, 2.05) is 0 Å². The summed E-state index contributed by atoms with van der Waals surface area (Å²) in [6.07, 6.45) is 0. The average Bonchev–Trinajstić information content (AvgIpc) is 2.37. The van der Waals surface area contributed by atoms with Gasteiger partial charge < -0.3 is 14.7 Å². The summed E-state index contributed by atoms with van der Waals surface area (Å²) in [7, 11) is 2.80. The highest BCUT2D eigenvalue weighted by atomic mass is 16.5. The zero-order chi connectivity index (χ0) is 12.8. The molecule has 0 aliphatic rings. The van der Waals surface area contributed by atoms with Gasteiger partial charge in [-0.05, 0) is 17.7 Å². The van der Waals surface area contributed by atoms with Crippen molar-refractivity contribution in [2.45, 2.75) is 6.61 Å². The van der Waals surface area contributed by atoms with E-state index in [1.54, 1.807) is 24.3 Å². The summed E-state index contributed by atoms with van der Waals surface area (Å²) < 4.78 is 4.48. The van der Waals surface area contributed by atoms with Crippen LogP contribution in [0.15, 0.2) is 24.3 Å². The Morgan fingerprint density at radius 1 is 1.29 bits per heavy atom. The van der Waals surface area contributed by atoms with E-state index in [4.69, 9.17) is 5.11 Å². The molecule has 17 heavy (non-hydrogen) atoms. The molecule has 0 unspecified atom stereocenters. The third-order valence-electron chi connectivity index (χ3n) is 2.32. The number of hydrogen-bond donors (Lipinski definition) is 1. The maximum absolute atomic E-state index is 11.9. The summed E-state index contributed by atoms with van der Waals surface area (Å²) in [4.78, 5) is 24.1. The molecule has 0 atom stereocenters. The van der Waals surface area contributed by atoms with Crippen molar-refractivity contribution >= 4 is 11.9 Å². The van der Waals surface area contributed by atoms with Crippen LogP contribution in [0.5, 0.6) is 0 Å². The van der Waals surface area contributed by atoms with Crippen LogP contribution in [0.2, 0.25) is 0 Å². The van der Waals surface area contributed by atoms with Gasteiger partial charge in [-0.1, -0.05) is 12.1 Å². The Bertz CT molecular complexity index is 399. The normalized spacial score (nSPS) is 9.82. The van der Waals surface area contributed by atoms with Crippen LogP contribution in [0.3, 0.4) is 0 Å². The smallest absolute Gasteiger partial charge is 0.325 e. The highest BCUT2D eigenvalue weighted by Crippen LogP contribution is 2.07. The monoisotopic (exact) mass is 237 g/mol. The van der Waals surface area contributed by atoms with Crippen LogP contribution in [-0.4, -0.2) is 42.6 Å². The van der Waals surface area contributed by atoms with Crippen molar-refractivity contribution in [3.8, 4) is 0 Å². The first kappa shape index (κ1) is 13.2. The molecule has 1 amide bonds. The number of esters is 1. The van der Waals surface area contributed by atoms with E-state index >= 15 is 0 Å². The maximum atomic E-state index is 11.9. The second kappa shape index (κ2) is 6.00. The molecule has 0 aliphatic carbocycles. The number of likely N-dealkylation sites (N-methyl/N-ethyl adjacent to an activating group) is 1. The molecule has 0 spiro atoms. The lowest BCUT2D eigenvalue weighted by Gasteiger charge is -2.15. The SMILES string of the molecule is COC(=O)CN(C)C(=O)c1ccc(CO)cc1. The van der Waals surface area contributed by atoms with Crippen LogP contribution in [0, 0.1) is 0 Å². The molecule has 1 N–H and O–H groups in total. The number of rotatable bonds is 4. The lowest BCUT2D eigenvalue weighted by atomic mass is 10.1. The number of ether oxygens (including phenoxy) is 1. The molecule has 1 rings (SSSR count). The minimum Gasteiger partial charge on any atom is -0.468 e. The topological polar surface area (TPSA) is 66.8 Å². The average molecular weight is 237 g/mol. The Labute approximate surface area is 99.6 Å². The Balaban J connectivity index is 2.71. The van der Waals surface area contributed by atoms with E-state index in [2.05, 4.69) is 4.74 Å². The number of aliphatic hydroxyl groups is 1. The zero-order valence-electron chi connectivity index (χ0n) is 9.84. The second-order valence-corrected chi connectivity index (χ2v) is 3.59. The van der Waals surface area contributed by atoms with Crippen LogP contribution in [0.25, 0.3) is 0 Å². The van der Waals surface area contributed by atoms with Crippen molar-refractivity contribution in [3.63, 3.8) is 0 Å². The highest BCUT2D eigenvalue weighted by Gasteiger charge is 2.14. The summed E-state index contributed by atoms with van der Waals surface area (Å²) in [5, 5.41) is 8.87. The number of carbonyl (C=O) groups is 2. The van der Waals surface area contributed by atoms with Crippen molar-refractivity contribution in [1.29, 1.82) is 0 Å². The fourth-order valence-electron chi connectivity index (χ4n) is 1.30. The number of amides is 1. The van der Waals surface area contributed by atoms with E-state index in [9.17, 15) is 9.59 Å².